The predicted molar refractivity (Wildman–Crippen MR) is 78.7 cm³/mol. The molecular formula is C15H17BrFNO2. The zero-order chi connectivity index (χ0) is 14.5. The van der Waals surface area contributed by atoms with Crippen molar-refractivity contribution in [3.05, 3.63) is 46.2 Å². The van der Waals surface area contributed by atoms with Crippen LogP contribution in [0.4, 0.5) is 4.39 Å². The Morgan fingerprint density at radius 2 is 2.25 bits per heavy atom. The van der Waals surface area contributed by atoms with E-state index >= 15 is 0 Å². The molecule has 1 aromatic carbocycles. The molecule has 0 saturated carbocycles. The van der Waals surface area contributed by atoms with E-state index in [0.29, 0.717) is 16.5 Å². The highest BCUT2D eigenvalue weighted by molar-refractivity contribution is 9.10. The summed E-state index contributed by atoms with van der Waals surface area (Å²) in [4.78, 5) is 11.8. The molecule has 1 aliphatic carbocycles. The largest absolute Gasteiger partial charge is 0.396 e. The maximum atomic E-state index is 13.6. The standard InChI is InChI=1S/C15H17BrFNO2/c16-12-4-2-11(14(17)8-12)3-6-15(20)18-13-5-1-10(7-13)9-19/h1-2,4-5,8,10,13,19H,3,6-7,9H2,(H,18,20)/t10-,13+/m0/s1. The molecule has 20 heavy (non-hydrogen) atoms. The van der Waals surface area contributed by atoms with Crippen LogP contribution < -0.4 is 5.32 Å². The minimum absolute atomic E-state index is 0.0191. The number of hydrogen-bond acceptors (Lipinski definition) is 2. The van der Waals surface area contributed by atoms with Crippen LogP contribution in [-0.4, -0.2) is 23.7 Å². The fraction of sp³-hybridized carbons (Fsp3) is 0.400. The number of aliphatic hydroxyl groups is 1. The Morgan fingerprint density at radius 3 is 2.90 bits per heavy atom. The van der Waals surface area contributed by atoms with Crippen LogP contribution in [0.5, 0.6) is 0 Å². The second kappa shape index (κ2) is 6.99. The van der Waals surface area contributed by atoms with Gasteiger partial charge in [-0.05, 0) is 30.5 Å². The number of carbonyl (C=O) groups is 1. The van der Waals surface area contributed by atoms with Gasteiger partial charge in [-0.1, -0.05) is 34.1 Å². The number of nitrogens with one attached hydrogen (secondary N) is 1. The maximum Gasteiger partial charge on any atom is 0.220 e. The number of amides is 1. The Morgan fingerprint density at radius 1 is 1.45 bits per heavy atom. The van der Waals surface area contributed by atoms with E-state index in [1.165, 1.54) is 6.07 Å². The highest BCUT2D eigenvalue weighted by Gasteiger charge is 2.19. The normalized spacial score (nSPS) is 21.1. The zero-order valence-electron chi connectivity index (χ0n) is 11.0. The summed E-state index contributed by atoms with van der Waals surface area (Å²) < 4.78 is 14.3. The second-order valence-electron chi connectivity index (χ2n) is 4.97. The van der Waals surface area contributed by atoms with Gasteiger partial charge in [0.05, 0.1) is 0 Å². The topological polar surface area (TPSA) is 49.3 Å². The molecule has 0 fully saturated rings. The first-order chi connectivity index (χ1) is 9.58. The Hall–Kier alpha value is -1.20. The molecular weight excluding hydrogens is 325 g/mol. The van der Waals surface area contributed by atoms with Crippen molar-refractivity contribution in [3.63, 3.8) is 0 Å². The van der Waals surface area contributed by atoms with Crippen molar-refractivity contribution in [2.45, 2.75) is 25.3 Å². The molecule has 1 amide bonds. The van der Waals surface area contributed by atoms with Crippen LogP contribution in [0, 0.1) is 11.7 Å². The molecule has 5 heteroatoms. The number of halogens is 2. The Bertz CT molecular complexity index is 519. The molecule has 1 aromatic rings. The lowest BCUT2D eigenvalue weighted by Gasteiger charge is -2.12. The number of aliphatic hydroxyl groups excluding tert-OH is 1. The molecule has 0 unspecified atom stereocenters. The summed E-state index contributed by atoms with van der Waals surface area (Å²) in [5, 5.41) is 11.9. The van der Waals surface area contributed by atoms with E-state index in [4.69, 9.17) is 5.11 Å². The third-order valence-electron chi connectivity index (χ3n) is 3.39. The average Bonchev–Trinajstić information content (AvgIpc) is 2.85. The van der Waals surface area contributed by atoms with Crippen molar-refractivity contribution in [1.82, 2.24) is 5.32 Å². The highest BCUT2D eigenvalue weighted by Crippen LogP contribution is 2.18. The minimum Gasteiger partial charge on any atom is -0.396 e. The van der Waals surface area contributed by atoms with E-state index in [0.717, 1.165) is 6.42 Å². The summed E-state index contributed by atoms with van der Waals surface area (Å²) >= 11 is 3.20. The van der Waals surface area contributed by atoms with Crippen molar-refractivity contribution in [1.29, 1.82) is 0 Å². The van der Waals surface area contributed by atoms with E-state index in [1.54, 1.807) is 12.1 Å². The summed E-state index contributed by atoms with van der Waals surface area (Å²) in [6, 6.07) is 4.83. The molecule has 0 spiro atoms. The Labute approximate surface area is 126 Å². The van der Waals surface area contributed by atoms with E-state index in [-0.39, 0.29) is 36.7 Å². The summed E-state index contributed by atoms with van der Waals surface area (Å²) in [5.41, 5.74) is 0.540. The van der Waals surface area contributed by atoms with Crippen molar-refractivity contribution in [2.75, 3.05) is 6.61 Å². The number of aryl methyl sites for hydroxylation is 1. The third kappa shape index (κ3) is 4.15. The Balaban J connectivity index is 1.79. The van der Waals surface area contributed by atoms with E-state index in [2.05, 4.69) is 21.2 Å². The van der Waals surface area contributed by atoms with Gasteiger partial charge in [0.15, 0.2) is 0 Å². The monoisotopic (exact) mass is 341 g/mol. The molecule has 2 rings (SSSR count). The van der Waals surface area contributed by atoms with Crippen LogP contribution in [0.25, 0.3) is 0 Å². The maximum absolute atomic E-state index is 13.6. The summed E-state index contributed by atoms with van der Waals surface area (Å²) in [6.45, 7) is 0.104. The molecule has 108 valence electrons. The van der Waals surface area contributed by atoms with Gasteiger partial charge in [-0.3, -0.25) is 4.79 Å². The number of carbonyl (C=O) groups excluding carboxylic acids is 1. The highest BCUT2D eigenvalue weighted by atomic mass is 79.9. The van der Waals surface area contributed by atoms with Gasteiger partial charge >= 0.3 is 0 Å². The van der Waals surface area contributed by atoms with E-state index < -0.39 is 0 Å². The van der Waals surface area contributed by atoms with Crippen LogP contribution in [0.2, 0.25) is 0 Å². The average molecular weight is 342 g/mol. The van der Waals surface area contributed by atoms with Crippen LogP contribution >= 0.6 is 15.9 Å². The molecule has 0 bridgehead atoms. The molecule has 0 saturated heterocycles. The first-order valence-electron chi connectivity index (χ1n) is 6.61. The molecule has 0 heterocycles. The lowest BCUT2D eigenvalue weighted by atomic mass is 10.1. The second-order valence-corrected chi connectivity index (χ2v) is 5.89. The van der Waals surface area contributed by atoms with E-state index in [9.17, 15) is 9.18 Å². The number of benzene rings is 1. The van der Waals surface area contributed by atoms with Crippen LogP contribution in [0.3, 0.4) is 0 Å². The third-order valence-corrected chi connectivity index (χ3v) is 3.88. The molecule has 3 nitrogen and oxygen atoms in total. The lowest BCUT2D eigenvalue weighted by molar-refractivity contribution is -0.121. The number of hydrogen-bond donors (Lipinski definition) is 2. The fourth-order valence-corrected chi connectivity index (χ4v) is 2.60. The van der Waals surface area contributed by atoms with Crippen molar-refractivity contribution >= 4 is 21.8 Å². The molecule has 0 aliphatic heterocycles. The van der Waals surface area contributed by atoms with Crippen molar-refractivity contribution in [3.8, 4) is 0 Å². The summed E-state index contributed by atoms with van der Waals surface area (Å²) in [7, 11) is 0. The Kier molecular flexibility index (Phi) is 5.31. The summed E-state index contributed by atoms with van der Waals surface area (Å²) in [5.74, 6) is -0.266. The van der Waals surface area contributed by atoms with Gasteiger partial charge in [-0.15, -0.1) is 0 Å². The smallest absolute Gasteiger partial charge is 0.220 e. The minimum atomic E-state index is -0.298. The van der Waals surface area contributed by atoms with Gasteiger partial charge in [-0.25, -0.2) is 4.39 Å². The van der Waals surface area contributed by atoms with Crippen molar-refractivity contribution < 1.29 is 14.3 Å². The van der Waals surface area contributed by atoms with Crippen LogP contribution in [0.1, 0.15) is 18.4 Å². The van der Waals surface area contributed by atoms with Gasteiger partial charge in [0.1, 0.15) is 5.82 Å². The first-order valence-corrected chi connectivity index (χ1v) is 7.40. The number of rotatable bonds is 5. The van der Waals surface area contributed by atoms with Crippen LogP contribution in [-0.2, 0) is 11.2 Å². The molecule has 0 radical (unpaired) electrons. The fourth-order valence-electron chi connectivity index (χ4n) is 2.27. The van der Waals surface area contributed by atoms with Gasteiger partial charge < -0.3 is 10.4 Å². The molecule has 2 atom stereocenters. The van der Waals surface area contributed by atoms with Gasteiger partial charge in [0.2, 0.25) is 5.91 Å². The van der Waals surface area contributed by atoms with Crippen molar-refractivity contribution in [2.24, 2.45) is 5.92 Å². The molecule has 1 aliphatic rings. The van der Waals surface area contributed by atoms with Gasteiger partial charge in [-0.2, -0.15) is 0 Å². The van der Waals surface area contributed by atoms with E-state index in [1.807, 2.05) is 12.2 Å². The SMILES string of the molecule is O=C(CCc1ccc(Br)cc1F)N[C@@H]1C=C[C@H](CO)C1. The van der Waals surface area contributed by atoms with Gasteiger partial charge in [0.25, 0.3) is 0 Å². The first kappa shape index (κ1) is 15.2. The summed E-state index contributed by atoms with van der Waals surface area (Å²) in [6.07, 6.45) is 5.19. The molecule has 0 aromatic heterocycles. The quantitative estimate of drug-likeness (QED) is 0.808. The zero-order valence-corrected chi connectivity index (χ0v) is 12.6. The molecule has 2 N–H and O–H groups in total. The van der Waals surface area contributed by atoms with Crippen LogP contribution in [0.15, 0.2) is 34.8 Å². The predicted octanol–water partition coefficient (Wildman–Crippen LogP) is 2.57. The van der Waals surface area contributed by atoms with Gasteiger partial charge in [0, 0.05) is 29.5 Å². The lowest BCUT2D eigenvalue weighted by Crippen LogP contribution is -2.33.